The van der Waals surface area contributed by atoms with Gasteiger partial charge >= 0.3 is 0 Å². The Morgan fingerprint density at radius 2 is 2.22 bits per heavy atom. The van der Waals surface area contributed by atoms with Gasteiger partial charge in [-0.1, -0.05) is 11.9 Å². The van der Waals surface area contributed by atoms with Crippen molar-refractivity contribution in [3.8, 4) is 0 Å². The van der Waals surface area contributed by atoms with Gasteiger partial charge in [-0.3, -0.25) is 0 Å². The summed E-state index contributed by atoms with van der Waals surface area (Å²) in [6.45, 7) is 3.75. The molecule has 2 saturated heterocycles. The molecular weight excluding hydrogens is 132 g/mol. The fourth-order valence-corrected chi connectivity index (χ4v) is 2.26. The van der Waals surface area contributed by atoms with Crippen LogP contribution >= 0.6 is 11.9 Å². The lowest BCUT2D eigenvalue weighted by atomic mass is 9.82. The molecule has 0 bridgehead atoms. The standard InChI is InChI=1S/C6H12N2S/c1-9-8-4-6(5-8)2-3-7-6/h7H,2-5H2,1H3. The van der Waals surface area contributed by atoms with E-state index in [9.17, 15) is 0 Å². The first-order chi connectivity index (χ1) is 4.35. The lowest BCUT2D eigenvalue weighted by Crippen LogP contribution is -2.73. The summed E-state index contributed by atoms with van der Waals surface area (Å²) in [4.78, 5) is 0. The van der Waals surface area contributed by atoms with Crippen molar-refractivity contribution in [2.24, 2.45) is 0 Å². The van der Waals surface area contributed by atoms with Crippen molar-refractivity contribution in [2.45, 2.75) is 12.0 Å². The SMILES string of the molecule is CSN1CC2(CCN2)C1. The summed E-state index contributed by atoms with van der Waals surface area (Å²) in [5.41, 5.74) is 0.572. The van der Waals surface area contributed by atoms with Crippen molar-refractivity contribution < 1.29 is 0 Å². The van der Waals surface area contributed by atoms with Gasteiger partial charge in [0.1, 0.15) is 0 Å². The molecule has 0 radical (unpaired) electrons. The normalized spacial score (nSPS) is 31.7. The Hall–Kier alpha value is 0.270. The van der Waals surface area contributed by atoms with Crippen molar-refractivity contribution in [1.29, 1.82) is 0 Å². The Kier molecular flexibility index (Phi) is 1.25. The van der Waals surface area contributed by atoms with Gasteiger partial charge in [0.05, 0.1) is 0 Å². The van der Waals surface area contributed by atoms with Gasteiger partial charge in [-0.2, -0.15) is 0 Å². The highest BCUT2D eigenvalue weighted by Gasteiger charge is 2.46. The fourth-order valence-electron chi connectivity index (χ4n) is 1.51. The average Bonchev–Trinajstić information content (AvgIpc) is 1.59. The molecule has 0 saturated carbocycles. The van der Waals surface area contributed by atoms with Gasteiger partial charge in [0.15, 0.2) is 0 Å². The van der Waals surface area contributed by atoms with E-state index in [0.717, 1.165) is 0 Å². The molecule has 1 N–H and O–H groups in total. The molecule has 0 amide bonds. The second-order valence-corrected chi connectivity index (χ2v) is 3.82. The van der Waals surface area contributed by atoms with Crippen LogP contribution in [0, 0.1) is 0 Å². The van der Waals surface area contributed by atoms with E-state index >= 15 is 0 Å². The third-order valence-electron chi connectivity index (χ3n) is 2.32. The van der Waals surface area contributed by atoms with Crippen molar-refractivity contribution in [1.82, 2.24) is 9.62 Å². The van der Waals surface area contributed by atoms with Gasteiger partial charge in [-0.15, -0.1) is 0 Å². The molecule has 2 nitrogen and oxygen atoms in total. The molecule has 2 aliphatic heterocycles. The van der Waals surface area contributed by atoms with E-state index in [1.54, 1.807) is 0 Å². The quantitative estimate of drug-likeness (QED) is 0.533. The molecule has 0 aliphatic carbocycles. The number of hydrogen-bond acceptors (Lipinski definition) is 3. The Morgan fingerprint density at radius 3 is 2.56 bits per heavy atom. The van der Waals surface area contributed by atoms with Crippen LogP contribution in [0.4, 0.5) is 0 Å². The second kappa shape index (κ2) is 1.87. The van der Waals surface area contributed by atoms with Crippen LogP contribution in [-0.2, 0) is 0 Å². The maximum absolute atomic E-state index is 3.47. The lowest BCUT2D eigenvalue weighted by Gasteiger charge is -2.55. The Morgan fingerprint density at radius 1 is 1.56 bits per heavy atom. The third kappa shape index (κ3) is 0.791. The predicted molar refractivity (Wildman–Crippen MR) is 40.4 cm³/mol. The van der Waals surface area contributed by atoms with Crippen molar-refractivity contribution in [2.75, 3.05) is 25.9 Å². The smallest absolute Gasteiger partial charge is 0.0468 e. The minimum Gasteiger partial charge on any atom is -0.309 e. The van der Waals surface area contributed by atoms with Gasteiger partial charge in [-0.25, -0.2) is 4.31 Å². The van der Waals surface area contributed by atoms with Crippen LogP contribution in [0.25, 0.3) is 0 Å². The van der Waals surface area contributed by atoms with Crippen molar-refractivity contribution in [3.05, 3.63) is 0 Å². The molecule has 2 rings (SSSR count). The minimum atomic E-state index is 0.572. The molecule has 9 heavy (non-hydrogen) atoms. The molecule has 2 aliphatic rings. The summed E-state index contributed by atoms with van der Waals surface area (Å²) in [5, 5.41) is 3.47. The number of nitrogens with one attached hydrogen (secondary N) is 1. The maximum atomic E-state index is 3.47. The first-order valence-corrected chi connectivity index (χ1v) is 4.57. The summed E-state index contributed by atoms with van der Waals surface area (Å²) in [5.74, 6) is 0. The third-order valence-corrected chi connectivity index (χ3v) is 3.09. The molecule has 2 fully saturated rings. The van der Waals surface area contributed by atoms with Crippen LogP contribution in [0.3, 0.4) is 0 Å². The maximum Gasteiger partial charge on any atom is 0.0468 e. The van der Waals surface area contributed by atoms with E-state index in [0.29, 0.717) is 5.54 Å². The monoisotopic (exact) mass is 144 g/mol. The highest BCUT2D eigenvalue weighted by Crippen LogP contribution is 2.33. The first-order valence-electron chi connectivity index (χ1n) is 3.39. The molecule has 0 aromatic carbocycles. The topological polar surface area (TPSA) is 15.3 Å². The molecule has 0 aromatic rings. The van der Waals surface area contributed by atoms with Gasteiger partial charge < -0.3 is 5.32 Å². The summed E-state index contributed by atoms with van der Waals surface area (Å²) in [6.07, 6.45) is 3.54. The average molecular weight is 144 g/mol. The first kappa shape index (κ1) is 6.01. The van der Waals surface area contributed by atoms with Crippen LogP contribution < -0.4 is 5.32 Å². The van der Waals surface area contributed by atoms with Crippen molar-refractivity contribution in [3.63, 3.8) is 0 Å². The molecule has 2 heterocycles. The number of rotatable bonds is 1. The van der Waals surface area contributed by atoms with Crippen LogP contribution in [0.1, 0.15) is 6.42 Å². The minimum absolute atomic E-state index is 0.572. The van der Waals surface area contributed by atoms with Gasteiger partial charge in [0.2, 0.25) is 0 Å². The molecule has 1 spiro atoms. The van der Waals surface area contributed by atoms with E-state index in [4.69, 9.17) is 0 Å². The molecule has 0 atom stereocenters. The highest BCUT2D eigenvalue weighted by atomic mass is 32.2. The van der Waals surface area contributed by atoms with E-state index < -0.39 is 0 Å². The van der Waals surface area contributed by atoms with E-state index in [2.05, 4.69) is 15.9 Å². The molecule has 52 valence electrons. The number of nitrogens with zero attached hydrogens (tertiary/aromatic N) is 1. The fraction of sp³-hybridized carbons (Fsp3) is 1.00. The zero-order valence-electron chi connectivity index (χ0n) is 5.68. The zero-order valence-corrected chi connectivity index (χ0v) is 6.50. The Balaban J connectivity index is 1.82. The zero-order chi connectivity index (χ0) is 6.32. The van der Waals surface area contributed by atoms with Crippen molar-refractivity contribution >= 4 is 11.9 Å². The summed E-state index contributed by atoms with van der Waals surface area (Å²) < 4.78 is 2.40. The Bertz CT molecular complexity index is 114. The van der Waals surface area contributed by atoms with E-state index in [-0.39, 0.29) is 0 Å². The summed E-state index contributed by atoms with van der Waals surface area (Å²) in [7, 11) is 0. The van der Waals surface area contributed by atoms with E-state index in [1.807, 2.05) is 11.9 Å². The van der Waals surface area contributed by atoms with Gasteiger partial charge in [0.25, 0.3) is 0 Å². The molecule has 0 unspecified atom stereocenters. The second-order valence-electron chi connectivity index (χ2n) is 2.94. The molecular formula is C6H12N2S. The lowest BCUT2D eigenvalue weighted by molar-refractivity contribution is 0.0616. The van der Waals surface area contributed by atoms with Crippen LogP contribution in [0.2, 0.25) is 0 Å². The molecule has 3 heteroatoms. The van der Waals surface area contributed by atoms with Crippen LogP contribution in [0.15, 0.2) is 0 Å². The van der Waals surface area contributed by atoms with Crippen LogP contribution in [-0.4, -0.2) is 35.7 Å². The summed E-state index contributed by atoms with van der Waals surface area (Å²) in [6, 6.07) is 0. The van der Waals surface area contributed by atoms with Gasteiger partial charge in [-0.05, 0) is 19.2 Å². The molecule has 0 aromatic heterocycles. The predicted octanol–water partition coefficient (Wildman–Crippen LogP) is 0.312. The number of hydrogen-bond donors (Lipinski definition) is 1. The van der Waals surface area contributed by atoms with Crippen LogP contribution in [0.5, 0.6) is 0 Å². The Labute approximate surface area is 60.1 Å². The summed E-state index contributed by atoms with van der Waals surface area (Å²) >= 11 is 1.86. The largest absolute Gasteiger partial charge is 0.309 e. The highest BCUT2D eigenvalue weighted by molar-refractivity contribution is 7.96. The van der Waals surface area contributed by atoms with Gasteiger partial charge in [0, 0.05) is 18.6 Å². The van der Waals surface area contributed by atoms with E-state index in [1.165, 1.54) is 26.1 Å².